The molecule has 0 aliphatic rings. The number of hydrogen-bond acceptors (Lipinski definition) is 2. The number of hydrogen-bond donors (Lipinski definition) is 1. The lowest BCUT2D eigenvalue weighted by molar-refractivity contribution is 0.474. The number of para-hydroxylation sites is 1. The molecule has 0 unspecified atom stereocenters. The second-order valence-corrected chi connectivity index (χ2v) is 4.23. The van der Waals surface area contributed by atoms with Gasteiger partial charge in [-0.15, -0.1) is 0 Å². The van der Waals surface area contributed by atoms with Crippen molar-refractivity contribution in [1.82, 2.24) is 9.78 Å². The van der Waals surface area contributed by atoms with Crippen LogP contribution in [-0.2, 0) is 0 Å². The molecule has 0 fully saturated rings. The first-order chi connectivity index (χ1) is 7.59. The van der Waals surface area contributed by atoms with Gasteiger partial charge in [-0.05, 0) is 39.0 Å². The Morgan fingerprint density at radius 2 is 1.94 bits per heavy atom. The van der Waals surface area contributed by atoms with Crippen molar-refractivity contribution in [2.45, 2.75) is 26.8 Å². The summed E-state index contributed by atoms with van der Waals surface area (Å²) >= 11 is 0. The van der Waals surface area contributed by atoms with Crippen LogP contribution in [-0.4, -0.2) is 14.9 Å². The molecule has 0 saturated carbocycles. The third-order valence-electron chi connectivity index (χ3n) is 2.53. The number of aryl methyl sites for hydroxylation is 1. The molecule has 0 aliphatic heterocycles. The van der Waals surface area contributed by atoms with Gasteiger partial charge in [0.1, 0.15) is 5.75 Å². The Bertz CT molecular complexity index is 500. The van der Waals surface area contributed by atoms with Crippen LogP contribution in [0.4, 0.5) is 0 Å². The quantitative estimate of drug-likeness (QED) is 0.837. The molecule has 0 atom stereocenters. The Balaban J connectivity index is 2.60. The first-order valence-electron chi connectivity index (χ1n) is 5.44. The highest BCUT2D eigenvalue weighted by atomic mass is 16.3. The topological polar surface area (TPSA) is 38.0 Å². The number of phenolic OH excluding ortho intramolecular Hbond substituents is 1. The van der Waals surface area contributed by atoms with Gasteiger partial charge in [-0.2, -0.15) is 5.10 Å². The monoisotopic (exact) mass is 216 g/mol. The van der Waals surface area contributed by atoms with Crippen molar-refractivity contribution in [2.75, 3.05) is 0 Å². The highest BCUT2D eigenvalue weighted by Crippen LogP contribution is 2.30. The fraction of sp³-hybridized carbons (Fsp3) is 0.308. The fourth-order valence-corrected chi connectivity index (χ4v) is 1.80. The van der Waals surface area contributed by atoms with Crippen molar-refractivity contribution in [3.8, 4) is 17.0 Å². The normalized spacial score (nSPS) is 11.0. The van der Waals surface area contributed by atoms with Gasteiger partial charge in [-0.3, -0.25) is 4.68 Å². The zero-order valence-electron chi connectivity index (χ0n) is 9.81. The molecule has 0 saturated heterocycles. The summed E-state index contributed by atoms with van der Waals surface area (Å²) in [5.41, 5.74) is 2.76. The standard InChI is InChI=1S/C13H16N2O/c1-9(2)15-12(8-10(3)14-15)11-6-4-5-7-13(11)16/h4-9,16H,1-3H3. The maximum absolute atomic E-state index is 9.84. The summed E-state index contributed by atoms with van der Waals surface area (Å²) in [6, 6.07) is 9.62. The molecular weight excluding hydrogens is 200 g/mol. The van der Waals surface area contributed by atoms with E-state index in [0.29, 0.717) is 5.75 Å². The molecule has 0 radical (unpaired) electrons. The number of aromatic hydroxyl groups is 1. The van der Waals surface area contributed by atoms with Gasteiger partial charge in [0.15, 0.2) is 0 Å². The second kappa shape index (κ2) is 4.00. The van der Waals surface area contributed by atoms with Crippen molar-refractivity contribution in [3.63, 3.8) is 0 Å². The maximum atomic E-state index is 9.84. The summed E-state index contributed by atoms with van der Waals surface area (Å²) in [6.45, 7) is 6.12. The van der Waals surface area contributed by atoms with Crippen LogP contribution in [0, 0.1) is 6.92 Å². The second-order valence-electron chi connectivity index (χ2n) is 4.23. The Labute approximate surface area is 95.3 Å². The van der Waals surface area contributed by atoms with Gasteiger partial charge >= 0.3 is 0 Å². The van der Waals surface area contributed by atoms with E-state index in [1.165, 1.54) is 0 Å². The molecule has 1 heterocycles. The average Bonchev–Trinajstić information content (AvgIpc) is 2.61. The molecule has 84 valence electrons. The van der Waals surface area contributed by atoms with E-state index < -0.39 is 0 Å². The van der Waals surface area contributed by atoms with Gasteiger partial charge in [0, 0.05) is 11.6 Å². The zero-order chi connectivity index (χ0) is 11.7. The van der Waals surface area contributed by atoms with E-state index in [0.717, 1.165) is 17.0 Å². The van der Waals surface area contributed by atoms with Crippen molar-refractivity contribution in [1.29, 1.82) is 0 Å². The van der Waals surface area contributed by atoms with E-state index in [4.69, 9.17) is 0 Å². The fourth-order valence-electron chi connectivity index (χ4n) is 1.80. The molecule has 0 spiro atoms. The molecule has 3 heteroatoms. The van der Waals surface area contributed by atoms with Crippen molar-refractivity contribution < 1.29 is 5.11 Å². The highest BCUT2D eigenvalue weighted by molar-refractivity contribution is 5.67. The van der Waals surface area contributed by atoms with E-state index >= 15 is 0 Å². The molecule has 16 heavy (non-hydrogen) atoms. The Kier molecular flexibility index (Phi) is 2.69. The van der Waals surface area contributed by atoms with Gasteiger partial charge in [0.25, 0.3) is 0 Å². The maximum Gasteiger partial charge on any atom is 0.124 e. The number of nitrogens with zero attached hydrogens (tertiary/aromatic N) is 2. The molecule has 0 bridgehead atoms. The molecule has 0 amide bonds. The van der Waals surface area contributed by atoms with Crippen LogP contribution in [0.15, 0.2) is 30.3 Å². The largest absolute Gasteiger partial charge is 0.507 e. The van der Waals surface area contributed by atoms with Crippen LogP contribution in [0.2, 0.25) is 0 Å². The lowest BCUT2D eigenvalue weighted by atomic mass is 10.1. The summed E-state index contributed by atoms with van der Waals surface area (Å²) in [6.07, 6.45) is 0. The van der Waals surface area contributed by atoms with Crippen LogP contribution >= 0.6 is 0 Å². The minimum absolute atomic E-state index is 0.281. The molecule has 2 aromatic rings. The van der Waals surface area contributed by atoms with Crippen molar-refractivity contribution in [2.24, 2.45) is 0 Å². The van der Waals surface area contributed by atoms with Gasteiger partial charge in [0.05, 0.1) is 11.4 Å². The van der Waals surface area contributed by atoms with E-state index in [-0.39, 0.29) is 6.04 Å². The molecule has 1 aromatic carbocycles. The van der Waals surface area contributed by atoms with Crippen LogP contribution in [0.3, 0.4) is 0 Å². The summed E-state index contributed by atoms with van der Waals surface area (Å²) in [4.78, 5) is 0. The van der Waals surface area contributed by atoms with Crippen molar-refractivity contribution in [3.05, 3.63) is 36.0 Å². The van der Waals surface area contributed by atoms with Crippen LogP contribution in [0.5, 0.6) is 5.75 Å². The van der Waals surface area contributed by atoms with E-state index in [1.54, 1.807) is 6.07 Å². The van der Waals surface area contributed by atoms with E-state index in [9.17, 15) is 5.11 Å². The van der Waals surface area contributed by atoms with E-state index in [2.05, 4.69) is 18.9 Å². The first-order valence-corrected chi connectivity index (χ1v) is 5.44. The summed E-state index contributed by atoms with van der Waals surface area (Å²) in [7, 11) is 0. The highest BCUT2D eigenvalue weighted by Gasteiger charge is 2.12. The third-order valence-corrected chi connectivity index (χ3v) is 2.53. The number of rotatable bonds is 2. The first kappa shape index (κ1) is 10.7. The zero-order valence-corrected chi connectivity index (χ0v) is 9.81. The third kappa shape index (κ3) is 1.81. The summed E-state index contributed by atoms with van der Waals surface area (Å²) in [5.74, 6) is 0.296. The van der Waals surface area contributed by atoms with Crippen LogP contribution in [0.25, 0.3) is 11.3 Å². The number of aromatic nitrogens is 2. The molecule has 0 aliphatic carbocycles. The minimum Gasteiger partial charge on any atom is -0.507 e. The van der Waals surface area contributed by atoms with Crippen LogP contribution in [0.1, 0.15) is 25.6 Å². The minimum atomic E-state index is 0.281. The summed E-state index contributed by atoms with van der Waals surface area (Å²) in [5, 5.41) is 14.3. The summed E-state index contributed by atoms with van der Waals surface area (Å²) < 4.78 is 1.93. The van der Waals surface area contributed by atoms with Crippen LogP contribution < -0.4 is 0 Å². The van der Waals surface area contributed by atoms with Crippen molar-refractivity contribution >= 4 is 0 Å². The van der Waals surface area contributed by atoms with E-state index in [1.807, 2.05) is 35.9 Å². The van der Waals surface area contributed by atoms with Gasteiger partial charge in [-0.1, -0.05) is 12.1 Å². The molecule has 1 aromatic heterocycles. The molecule has 2 rings (SSSR count). The molecule has 1 N–H and O–H groups in total. The SMILES string of the molecule is Cc1cc(-c2ccccc2O)n(C(C)C)n1. The Morgan fingerprint density at radius 3 is 2.56 bits per heavy atom. The van der Waals surface area contributed by atoms with Gasteiger partial charge in [0.2, 0.25) is 0 Å². The lowest BCUT2D eigenvalue weighted by Crippen LogP contribution is -2.04. The van der Waals surface area contributed by atoms with Gasteiger partial charge < -0.3 is 5.11 Å². The number of benzene rings is 1. The Hall–Kier alpha value is -1.77. The molecule has 3 nitrogen and oxygen atoms in total. The predicted molar refractivity (Wildman–Crippen MR) is 64.4 cm³/mol. The number of phenols is 1. The lowest BCUT2D eigenvalue weighted by Gasteiger charge is -2.11. The average molecular weight is 216 g/mol. The predicted octanol–water partition coefficient (Wildman–Crippen LogP) is 3.15. The smallest absolute Gasteiger partial charge is 0.124 e. The van der Waals surface area contributed by atoms with Gasteiger partial charge in [-0.25, -0.2) is 0 Å². The molecular formula is C13H16N2O. The Morgan fingerprint density at radius 1 is 1.25 bits per heavy atom.